The molecular formula is C12H16FNO5S2. The average Bonchev–Trinajstić information content (AvgIpc) is 2.36. The fraction of sp³-hybridized carbons (Fsp3) is 0.500. The molecule has 1 aromatic carbocycles. The third kappa shape index (κ3) is 2.90. The van der Waals surface area contributed by atoms with E-state index in [1.54, 1.807) is 0 Å². The number of methoxy groups -OCH3 is 1. The normalized spacial score (nSPS) is 17.5. The maximum absolute atomic E-state index is 13.6. The number of ether oxygens (including phenoxy) is 1. The smallest absolute Gasteiger partial charge is 0.243 e. The van der Waals surface area contributed by atoms with Crippen LogP contribution >= 0.6 is 0 Å². The van der Waals surface area contributed by atoms with Crippen molar-refractivity contribution in [2.75, 3.05) is 26.0 Å². The van der Waals surface area contributed by atoms with E-state index in [0.717, 1.165) is 10.4 Å². The van der Waals surface area contributed by atoms with Crippen LogP contribution in [0, 0.1) is 5.82 Å². The highest BCUT2D eigenvalue weighted by Crippen LogP contribution is 2.28. The van der Waals surface area contributed by atoms with E-state index in [9.17, 15) is 21.2 Å². The van der Waals surface area contributed by atoms with Crippen LogP contribution in [-0.2, 0) is 19.9 Å². The molecule has 0 aliphatic carbocycles. The maximum atomic E-state index is 13.6. The second kappa shape index (κ2) is 5.54. The summed E-state index contributed by atoms with van der Waals surface area (Å²) in [6.07, 6.45) is 0. The van der Waals surface area contributed by atoms with Crippen LogP contribution in [0.5, 0.6) is 5.75 Å². The van der Waals surface area contributed by atoms with Gasteiger partial charge in [0.1, 0.15) is 0 Å². The van der Waals surface area contributed by atoms with Gasteiger partial charge in [0.15, 0.2) is 21.4 Å². The summed E-state index contributed by atoms with van der Waals surface area (Å²) in [5, 5.41) is -0.680. The third-order valence-corrected chi connectivity index (χ3v) is 7.43. The first-order chi connectivity index (χ1) is 9.72. The van der Waals surface area contributed by atoms with Crippen LogP contribution in [0.15, 0.2) is 23.1 Å². The number of sulfonamides is 1. The zero-order chi connectivity index (χ0) is 15.8. The Morgan fingerprint density at radius 3 is 2.38 bits per heavy atom. The Bertz CT molecular complexity index is 739. The second-order valence-electron chi connectivity index (χ2n) is 4.69. The predicted octanol–water partition coefficient (Wildman–Crippen LogP) is 0.642. The first kappa shape index (κ1) is 16.2. The molecule has 1 saturated heterocycles. The molecule has 0 bridgehead atoms. The Labute approximate surface area is 123 Å². The van der Waals surface area contributed by atoms with Crippen molar-refractivity contribution in [2.24, 2.45) is 0 Å². The van der Waals surface area contributed by atoms with E-state index in [4.69, 9.17) is 4.74 Å². The molecule has 0 amide bonds. The van der Waals surface area contributed by atoms with Crippen LogP contribution in [0.25, 0.3) is 0 Å². The van der Waals surface area contributed by atoms with Crippen molar-refractivity contribution in [3.8, 4) is 5.75 Å². The van der Waals surface area contributed by atoms with E-state index in [-0.39, 0.29) is 29.5 Å². The fourth-order valence-corrected chi connectivity index (χ4v) is 5.03. The van der Waals surface area contributed by atoms with Crippen molar-refractivity contribution in [2.45, 2.75) is 17.1 Å². The van der Waals surface area contributed by atoms with Gasteiger partial charge in [-0.05, 0) is 18.2 Å². The van der Waals surface area contributed by atoms with Gasteiger partial charge in [-0.2, -0.15) is 4.31 Å². The molecule has 2 rings (SSSR count). The van der Waals surface area contributed by atoms with Crippen LogP contribution in [0.1, 0.15) is 6.92 Å². The van der Waals surface area contributed by atoms with E-state index in [1.165, 1.54) is 26.2 Å². The van der Waals surface area contributed by atoms with Crippen LogP contribution in [0.2, 0.25) is 0 Å². The molecule has 1 heterocycles. The molecule has 1 aliphatic heterocycles. The third-order valence-electron chi connectivity index (χ3n) is 3.49. The van der Waals surface area contributed by atoms with Crippen molar-refractivity contribution in [1.29, 1.82) is 0 Å². The lowest BCUT2D eigenvalue weighted by Gasteiger charge is -2.37. The second-order valence-corrected chi connectivity index (χ2v) is 9.20. The summed E-state index contributed by atoms with van der Waals surface area (Å²) < 4.78 is 67.1. The number of hydrogen-bond acceptors (Lipinski definition) is 5. The van der Waals surface area contributed by atoms with Gasteiger partial charge in [0.2, 0.25) is 10.0 Å². The van der Waals surface area contributed by atoms with E-state index < -0.39 is 30.9 Å². The summed E-state index contributed by atoms with van der Waals surface area (Å²) in [5.74, 6) is -0.858. The molecule has 1 aromatic rings. The molecule has 0 aromatic heterocycles. The molecule has 0 spiro atoms. The van der Waals surface area contributed by atoms with Crippen molar-refractivity contribution in [1.82, 2.24) is 4.31 Å². The minimum Gasteiger partial charge on any atom is -0.494 e. The number of sulfone groups is 1. The Kier molecular flexibility index (Phi) is 4.27. The Balaban J connectivity index is 2.20. The monoisotopic (exact) mass is 337 g/mol. The minimum atomic E-state index is -3.88. The average molecular weight is 337 g/mol. The van der Waals surface area contributed by atoms with E-state index in [1.807, 2.05) is 0 Å². The maximum Gasteiger partial charge on any atom is 0.243 e. The van der Waals surface area contributed by atoms with Crippen LogP contribution in [0.3, 0.4) is 0 Å². The first-order valence-electron chi connectivity index (χ1n) is 6.27. The van der Waals surface area contributed by atoms with Gasteiger partial charge < -0.3 is 4.74 Å². The van der Waals surface area contributed by atoms with Crippen LogP contribution in [-0.4, -0.2) is 52.3 Å². The Morgan fingerprint density at radius 1 is 1.29 bits per heavy atom. The van der Waals surface area contributed by atoms with Crippen molar-refractivity contribution < 1.29 is 26.0 Å². The molecule has 0 atom stereocenters. The lowest BCUT2D eigenvalue weighted by atomic mass is 10.3. The molecule has 6 nitrogen and oxygen atoms in total. The van der Waals surface area contributed by atoms with Gasteiger partial charge in [-0.15, -0.1) is 0 Å². The fourth-order valence-electron chi connectivity index (χ4n) is 2.02. The van der Waals surface area contributed by atoms with Gasteiger partial charge in [-0.3, -0.25) is 0 Å². The summed E-state index contributed by atoms with van der Waals surface area (Å²) in [6, 6.07) is 3.33. The van der Waals surface area contributed by atoms with Gasteiger partial charge in [0.05, 0.1) is 17.3 Å². The topological polar surface area (TPSA) is 80.8 Å². The lowest BCUT2D eigenvalue weighted by molar-refractivity contribution is 0.309. The summed E-state index contributed by atoms with van der Waals surface area (Å²) in [5.41, 5.74) is 0. The minimum absolute atomic E-state index is 0.0251. The summed E-state index contributed by atoms with van der Waals surface area (Å²) in [7, 11) is -5.85. The van der Waals surface area contributed by atoms with Gasteiger partial charge >= 0.3 is 0 Å². The highest BCUT2D eigenvalue weighted by Gasteiger charge is 2.42. The zero-order valence-corrected chi connectivity index (χ0v) is 13.2. The molecule has 1 aliphatic rings. The van der Waals surface area contributed by atoms with Crippen molar-refractivity contribution in [3.63, 3.8) is 0 Å². The number of nitrogens with zero attached hydrogens (tertiary/aromatic N) is 1. The lowest BCUT2D eigenvalue weighted by Crippen LogP contribution is -2.57. The molecule has 0 unspecified atom stereocenters. The summed E-state index contributed by atoms with van der Waals surface area (Å²) >= 11 is 0. The van der Waals surface area contributed by atoms with Crippen molar-refractivity contribution >= 4 is 19.9 Å². The standard InChI is InChI=1S/C12H16FNO5S2/c1-3-20(15,16)10-7-14(8-10)21(17,18)9-4-5-12(19-2)11(13)6-9/h4-6,10H,3,7-8H2,1-2H3. The highest BCUT2D eigenvalue weighted by molar-refractivity contribution is 7.92. The van der Waals surface area contributed by atoms with Crippen LogP contribution < -0.4 is 4.74 Å². The van der Waals surface area contributed by atoms with Gasteiger partial charge in [-0.25, -0.2) is 21.2 Å². The molecule has 118 valence electrons. The van der Waals surface area contributed by atoms with E-state index >= 15 is 0 Å². The number of rotatable bonds is 5. The number of halogens is 1. The number of hydrogen-bond donors (Lipinski definition) is 0. The molecule has 0 radical (unpaired) electrons. The van der Waals surface area contributed by atoms with Gasteiger partial charge in [-0.1, -0.05) is 6.92 Å². The molecule has 0 saturated carbocycles. The SMILES string of the molecule is CCS(=O)(=O)C1CN(S(=O)(=O)c2ccc(OC)c(F)c2)C1. The van der Waals surface area contributed by atoms with E-state index in [2.05, 4.69) is 0 Å². The Hall–Kier alpha value is -1.19. The summed E-state index contributed by atoms with van der Waals surface area (Å²) in [6.45, 7) is 1.34. The quantitative estimate of drug-likeness (QED) is 0.788. The Morgan fingerprint density at radius 2 is 1.90 bits per heavy atom. The number of benzene rings is 1. The van der Waals surface area contributed by atoms with Crippen molar-refractivity contribution in [3.05, 3.63) is 24.0 Å². The summed E-state index contributed by atoms with van der Waals surface area (Å²) in [4.78, 5) is -0.215. The zero-order valence-electron chi connectivity index (χ0n) is 11.6. The van der Waals surface area contributed by atoms with Gasteiger partial charge in [0.25, 0.3) is 0 Å². The van der Waals surface area contributed by atoms with Crippen LogP contribution in [0.4, 0.5) is 4.39 Å². The predicted molar refractivity (Wildman–Crippen MR) is 75.0 cm³/mol. The largest absolute Gasteiger partial charge is 0.494 e. The first-order valence-corrected chi connectivity index (χ1v) is 9.43. The molecular weight excluding hydrogens is 321 g/mol. The molecule has 1 fully saturated rings. The molecule has 9 heteroatoms. The molecule has 21 heavy (non-hydrogen) atoms. The highest BCUT2D eigenvalue weighted by atomic mass is 32.2. The van der Waals surface area contributed by atoms with Gasteiger partial charge in [0, 0.05) is 18.8 Å². The van der Waals surface area contributed by atoms with E-state index in [0.29, 0.717) is 0 Å². The molecule has 0 N–H and O–H groups in total.